The Labute approximate surface area is 114 Å². The molecule has 0 fully saturated rings. The Hall–Kier alpha value is -2.41. The molecule has 7 nitrogen and oxygen atoms in total. The third kappa shape index (κ3) is 2.48. The minimum absolute atomic E-state index is 0.289. The second-order valence-corrected chi connectivity index (χ2v) is 4.49. The fourth-order valence-corrected chi connectivity index (χ4v) is 2.06. The zero-order valence-electron chi connectivity index (χ0n) is 11.1. The Balaban J connectivity index is 2.55. The van der Waals surface area contributed by atoms with Crippen LogP contribution in [0.1, 0.15) is 18.1 Å². The molecule has 106 valence electrons. The highest BCUT2D eigenvalue weighted by Crippen LogP contribution is 2.27. The Kier molecular flexibility index (Phi) is 3.71. The molecule has 0 amide bonds. The monoisotopic (exact) mass is 277 g/mol. The van der Waals surface area contributed by atoms with Crippen LogP contribution < -0.4 is 5.69 Å². The number of carboxylic acids is 1. The first-order chi connectivity index (χ1) is 9.41. The zero-order chi connectivity index (χ0) is 14.9. The molecular weight excluding hydrogens is 262 g/mol. The molecule has 1 atom stereocenters. The smallest absolute Gasteiger partial charge is 0.345 e. The largest absolute Gasteiger partial charge is 0.481 e. The molecule has 1 aromatic heterocycles. The van der Waals surface area contributed by atoms with Gasteiger partial charge in [-0.25, -0.2) is 9.48 Å². The van der Waals surface area contributed by atoms with E-state index in [4.69, 9.17) is 5.11 Å². The maximum absolute atomic E-state index is 11.7. The zero-order valence-corrected chi connectivity index (χ0v) is 11.1. The summed E-state index contributed by atoms with van der Waals surface area (Å²) < 4.78 is 2.54. The molecule has 1 unspecified atom stereocenters. The van der Waals surface area contributed by atoms with E-state index in [0.717, 1.165) is 0 Å². The van der Waals surface area contributed by atoms with Crippen molar-refractivity contribution in [1.29, 1.82) is 0 Å². The van der Waals surface area contributed by atoms with E-state index in [0.29, 0.717) is 17.0 Å². The van der Waals surface area contributed by atoms with Gasteiger partial charge in [0.1, 0.15) is 0 Å². The van der Waals surface area contributed by atoms with Crippen LogP contribution in [0.15, 0.2) is 29.1 Å². The van der Waals surface area contributed by atoms with E-state index in [9.17, 15) is 14.7 Å². The molecule has 2 aromatic rings. The summed E-state index contributed by atoms with van der Waals surface area (Å²) in [6.07, 6.45) is -1.56. The van der Waals surface area contributed by atoms with Crippen LogP contribution in [0.4, 0.5) is 0 Å². The van der Waals surface area contributed by atoms with E-state index >= 15 is 0 Å². The summed E-state index contributed by atoms with van der Waals surface area (Å²) in [7, 11) is 3.10. The molecule has 0 aliphatic heterocycles. The molecule has 0 aliphatic rings. The number of rotatable bonds is 4. The second-order valence-electron chi connectivity index (χ2n) is 4.49. The van der Waals surface area contributed by atoms with Gasteiger partial charge in [0.15, 0.2) is 5.82 Å². The molecule has 0 saturated carbocycles. The van der Waals surface area contributed by atoms with Crippen LogP contribution in [0.25, 0.3) is 11.4 Å². The maximum atomic E-state index is 11.7. The molecule has 1 heterocycles. The lowest BCUT2D eigenvalue weighted by atomic mass is 10.00. The number of hydrogen-bond acceptors (Lipinski definition) is 4. The topological polar surface area (TPSA) is 97.3 Å². The summed E-state index contributed by atoms with van der Waals surface area (Å²) in [4.78, 5) is 22.4. The number of nitrogens with zero attached hydrogens (tertiary/aromatic N) is 3. The normalized spacial score (nSPS) is 12.3. The number of aryl methyl sites for hydroxylation is 1. The number of hydrogen-bond donors (Lipinski definition) is 2. The third-order valence-corrected chi connectivity index (χ3v) is 3.05. The molecular formula is C13H15N3O4. The first-order valence-electron chi connectivity index (χ1n) is 6.01. The summed E-state index contributed by atoms with van der Waals surface area (Å²) in [6, 6.07) is 6.76. The van der Waals surface area contributed by atoms with Gasteiger partial charge in [-0.05, 0) is 5.56 Å². The second kappa shape index (κ2) is 5.30. The van der Waals surface area contributed by atoms with Crippen LogP contribution in [0.5, 0.6) is 0 Å². The Morgan fingerprint density at radius 1 is 1.35 bits per heavy atom. The summed E-state index contributed by atoms with van der Waals surface area (Å²) >= 11 is 0. The standard InChI is InChI=1S/C13H15N3O4/c1-15-12(14-16(2)13(15)20)9-6-4-3-5-8(9)10(17)7-11(18)19/h3-6,10,17H,7H2,1-2H3,(H,18,19). The lowest BCUT2D eigenvalue weighted by Gasteiger charge is -2.13. The fourth-order valence-electron chi connectivity index (χ4n) is 2.06. The minimum atomic E-state index is -1.15. The molecule has 0 spiro atoms. The van der Waals surface area contributed by atoms with Crippen molar-refractivity contribution < 1.29 is 15.0 Å². The van der Waals surface area contributed by atoms with Gasteiger partial charge in [0.25, 0.3) is 0 Å². The van der Waals surface area contributed by atoms with Crippen LogP contribution in [0.2, 0.25) is 0 Å². The Morgan fingerprint density at radius 2 is 2.00 bits per heavy atom. The molecule has 20 heavy (non-hydrogen) atoms. The molecule has 0 radical (unpaired) electrons. The van der Waals surface area contributed by atoms with Crippen LogP contribution >= 0.6 is 0 Å². The van der Waals surface area contributed by atoms with Crippen molar-refractivity contribution in [3.05, 3.63) is 40.3 Å². The molecule has 0 saturated heterocycles. The van der Waals surface area contributed by atoms with Gasteiger partial charge in [0.2, 0.25) is 0 Å². The molecule has 7 heteroatoms. The van der Waals surface area contributed by atoms with Gasteiger partial charge >= 0.3 is 11.7 Å². The van der Waals surface area contributed by atoms with E-state index in [2.05, 4.69) is 5.10 Å². The predicted molar refractivity (Wildman–Crippen MR) is 71.1 cm³/mol. The van der Waals surface area contributed by atoms with Crippen LogP contribution in [-0.2, 0) is 18.9 Å². The van der Waals surface area contributed by atoms with Crippen LogP contribution in [0.3, 0.4) is 0 Å². The predicted octanol–water partition coefficient (Wildman–Crippen LogP) is 0.294. The summed E-state index contributed by atoms with van der Waals surface area (Å²) in [5.74, 6) is -0.709. The number of aromatic nitrogens is 3. The van der Waals surface area contributed by atoms with Crippen LogP contribution in [-0.4, -0.2) is 30.5 Å². The molecule has 0 aliphatic carbocycles. The van der Waals surface area contributed by atoms with Crippen molar-refractivity contribution in [2.24, 2.45) is 14.1 Å². The number of aliphatic hydroxyl groups is 1. The number of benzene rings is 1. The van der Waals surface area contributed by atoms with E-state index in [-0.39, 0.29) is 5.69 Å². The van der Waals surface area contributed by atoms with E-state index in [1.165, 1.54) is 16.3 Å². The van der Waals surface area contributed by atoms with Gasteiger partial charge in [-0.2, -0.15) is 0 Å². The average molecular weight is 277 g/mol. The van der Waals surface area contributed by atoms with Crippen molar-refractivity contribution in [3.8, 4) is 11.4 Å². The number of carboxylic acid groups (broad SMARTS) is 1. The van der Waals surface area contributed by atoms with Gasteiger partial charge < -0.3 is 10.2 Å². The highest BCUT2D eigenvalue weighted by molar-refractivity contribution is 5.69. The number of aliphatic carboxylic acids is 1. The van der Waals surface area contributed by atoms with Crippen molar-refractivity contribution in [3.63, 3.8) is 0 Å². The summed E-state index contributed by atoms with van der Waals surface area (Å²) in [6.45, 7) is 0. The Morgan fingerprint density at radius 3 is 2.55 bits per heavy atom. The number of carbonyl (C=O) groups is 1. The van der Waals surface area contributed by atoms with Crippen molar-refractivity contribution in [2.75, 3.05) is 0 Å². The van der Waals surface area contributed by atoms with Gasteiger partial charge in [-0.3, -0.25) is 9.36 Å². The quantitative estimate of drug-likeness (QED) is 0.837. The average Bonchev–Trinajstić information content (AvgIpc) is 2.66. The minimum Gasteiger partial charge on any atom is -0.481 e. The first-order valence-corrected chi connectivity index (χ1v) is 6.01. The van der Waals surface area contributed by atoms with Crippen molar-refractivity contribution in [2.45, 2.75) is 12.5 Å². The molecule has 1 aromatic carbocycles. The van der Waals surface area contributed by atoms with Gasteiger partial charge in [0.05, 0.1) is 12.5 Å². The SMILES string of the molecule is Cn1nc(-c2ccccc2C(O)CC(=O)O)n(C)c1=O. The van der Waals surface area contributed by atoms with Crippen LogP contribution in [0, 0.1) is 0 Å². The van der Waals surface area contributed by atoms with Crippen molar-refractivity contribution in [1.82, 2.24) is 14.3 Å². The third-order valence-electron chi connectivity index (χ3n) is 3.05. The van der Waals surface area contributed by atoms with Gasteiger partial charge in [0, 0.05) is 19.7 Å². The first kappa shape index (κ1) is 14.0. The summed E-state index contributed by atoms with van der Waals surface area (Å²) in [5, 5.41) is 22.9. The van der Waals surface area contributed by atoms with E-state index < -0.39 is 18.5 Å². The molecule has 0 bridgehead atoms. The Bertz CT molecular complexity index is 702. The van der Waals surface area contributed by atoms with E-state index in [1.54, 1.807) is 31.3 Å². The highest BCUT2D eigenvalue weighted by Gasteiger charge is 2.19. The summed E-state index contributed by atoms with van der Waals surface area (Å²) in [5.41, 5.74) is 0.688. The van der Waals surface area contributed by atoms with Gasteiger partial charge in [-0.15, -0.1) is 5.10 Å². The lowest BCUT2D eigenvalue weighted by Crippen LogP contribution is -2.20. The lowest BCUT2D eigenvalue weighted by molar-refractivity contribution is -0.139. The highest BCUT2D eigenvalue weighted by atomic mass is 16.4. The molecule has 2 N–H and O–H groups in total. The maximum Gasteiger partial charge on any atom is 0.345 e. The van der Waals surface area contributed by atoms with E-state index in [1.807, 2.05) is 0 Å². The molecule has 2 rings (SSSR count). The number of aliphatic hydroxyl groups excluding tert-OH is 1. The van der Waals surface area contributed by atoms with Gasteiger partial charge in [-0.1, -0.05) is 24.3 Å². The van der Waals surface area contributed by atoms with Crippen molar-refractivity contribution >= 4 is 5.97 Å². The fraction of sp³-hybridized carbons (Fsp3) is 0.308.